The molecule has 1 aliphatic heterocycles. The lowest BCUT2D eigenvalue weighted by atomic mass is 9.83. The van der Waals surface area contributed by atoms with Crippen molar-refractivity contribution in [3.8, 4) is 0 Å². The maximum absolute atomic E-state index is 12.6. The van der Waals surface area contributed by atoms with Gasteiger partial charge in [-0.2, -0.15) is 0 Å². The third kappa shape index (κ3) is 7.90. The summed E-state index contributed by atoms with van der Waals surface area (Å²) in [6.45, 7) is 9.69. The van der Waals surface area contributed by atoms with E-state index in [-0.39, 0.29) is 35.3 Å². The predicted octanol–water partition coefficient (Wildman–Crippen LogP) is 4.47. The molecule has 0 saturated heterocycles. The minimum Gasteiger partial charge on any atom is -0.382 e. The Balaban J connectivity index is 0.00000363. The molecule has 0 bridgehead atoms. The molecule has 2 N–H and O–H groups in total. The number of fused-ring (bicyclic) bond motifs is 1. The Bertz CT molecular complexity index is 709. The molecule has 1 aromatic carbocycles. The fraction of sp³-hybridized carbons (Fsp3) is 0.680. The van der Waals surface area contributed by atoms with Crippen LogP contribution in [0.4, 0.5) is 0 Å². The Morgan fingerprint density at radius 1 is 1.12 bits per heavy atom. The predicted molar refractivity (Wildman–Crippen MR) is 141 cm³/mol. The molecule has 6 nitrogen and oxygen atoms in total. The van der Waals surface area contributed by atoms with Gasteiger partial charge in [-0.1, -0.05) is 37.1 Å². The number of benzene rings is 1. The summed E-state index contributed by atoms with van der Waals surface area (Å²) in [7, 11) is 0. The molecule has 1 aliphatic carbocycles. The maximum Gasteiger partial charge on any atom is 0.223 e. The number of hydrogen-bond acceptors (Lipinski definition) is 3. The van der Waals surface area contributed by atoms with Crippen molar-refractivity contribution in [2.75, 3.05) is 32.8 Å². The van der Waals surface area contributed by atoms with E-state index in [4.69, 9.17) is 9.73 Å². The normalized spacial score (nSPS) is 17.1. The number of ether oxygens (including phenoxy) is 1. The fourth-order valence-electron chi connectivity index (χ4n) is 4.75. The van der Waals surface area contributed by atoms with Gasteiger partial charge in [-0.05, 0) is 56.1 Å². The molecule has 1 fully saturated rings. The van der Waals surface area contributed by atoms with Crippen LogP contribution in [0.15, 0.2) is 29.3 Å². The Hall–Kier alpha value is -1.35. The number of aliphatic imine (C=N–C) groups is 1. The van der Waals surface area contributed by atoms with E-state index >= 15 is 0 Å². The van der Waals surface area contributed by atoms with Gasteiger partial charge < -0.3 is 20.3 Å². The number of rotatable bonds is 11. The molecule has 1 saturated carbocycles. The lowest BCUT2D eigenvalue weighted by Crippen LogP contribution is -2.39. The van der Waals surface area contributed by atoms with Crippen LogP contribution < -0.4 is 10.6 Å². The molecular formula is C25H41IN4O2. The zero-order valence-corrected chi connectivity index (χ0v) is 22.2. The van der Waals surface area contributed by atoms with Crippen LogP contribution in [0.5, 0.6) is 0 Å². The summed E-state index contributed by atoms with van der Waals surface area (Å²) < 4.78 is 5.62. The summed E-state index contributed by atoms with van der Waals surface area (Å²) in [5, 5.41) is 6.79. The highest BCUT2D eigenvalue weighted by Gasteiger charge is 2.33. The van der Waals surface area contributed by atoms with Crippen molar-refractivity contribution in [2.45, 2.75) is 71.9 Å². The zero-order chi connectivity index (χ0) is 21.9. The van der Waals surface area contributed by atoms with Gasteiger partial charge in [0.2, 0.25) is 5.91 Å². The Morgan fingerprint density at radius 3 is 2.44 bits per heavy atom. The van der Waals surface area contributed by atoms with Crippen LogP contribution in [0, 0.1) is 5.41 Å². The number of carbonyl (C=O) groups is 1. The lowest BCUT2D eigenvalue weighted by molar-refractivity contribution is -0.131. The standard InChI is InChI=1S/C25H40N4O2.HI/c1-3-26-24(28-20-25(13-7-8-14-25)15-17-31-4-2)27-16-9-12-23(30)29-18-21-10-5-6-11-22(21)19-29;/h5-6,10-11H,3-4,7-9,12-20H2,1-2H3,(H2,26,27,28);1H. The first-order valence-electron chi connectivity index (χ1n) is 12.1. The summed E-state index contributed by atoms with van der Waals surface area (Å²) in [6.07, 6.45) is 7.56. The molecule has 0 atom stereocenters. The minimum absolute atomic E-state index is 0. The topological polar surface area (TPSA) is 66.0 Å². The van der Waals surface area contributed by atoms with Gasteiger partial charge in [0.15, 0.2) is 5.96 Å². The minimum atomic E-state index is 0. The van der Waals surface area contributed by atoms with E-state index in [0.29, 0.717) is 6.42 Å². The summed E-state index contributed by atoms with van der Waals surface area (Å²) >= 11 is 0. The van der Waals surface area contributed by atoms with Crippen LogP contribution in [0.25, 0.3) is 0 Å². The Labute approximate surface area is 211 Å². The highest BCUT2D eigenvalue weighted by atomic mass is 127. The van der Waals surface area contributed by atoms with Gasteiger partial charge >= 0.3 is 0 Å². The summed E-state index contributed by atoms with van der Waals surface area (Å²) in [5.41, 5.74) is 2.85. The van der Waals surface area contributed by atoms with E-state index in [1.54, 1.807) is 0 Å². The molecule has 180 valence electrons. The van der Waals surface area contributed by atoms with Crippen LogP contribution in [-0.4, -0.2) is 49.6 Å². The van der Waals surface area contributed by atoms with E-state index < -0.39 is 0 Å². The molecule has 2 aliphatic rings. The van der Waals surface area contributed by atoms with Crippen molar-refractivity contribution >= 4 is 35.8 Å². The molecule has 7 heteroatoms. The molecule has 1 amide bonds. The smallest absolute Gasteiger partial charge is 0.223 e. The van der Waals surface area contributed by atoms with Gasteiger partial charge in [0.25, 0.3) is 0 Å². The number of nitrogens with zero attached hydrogens (tertiary/aromatic N) is 2. The molecular weight excluding hydrogens is 515 g/mol. The molecule has 32 heavy (non-hydrogen) atoms. The average molecular weight is 557 g/mol. The van der Waals surface area contributed by atoms with E-state index in [1.807, 2.05) is 17.0 Å². The van der Waals surface area contributed by atoms with E-state index in [9.17, 15) is 4.79 Å². The fourth-order valence-corrected chi connectivity index (χ4v) is 4.75. The van der Waals surface area contributed by atoms with Crippen molar-refractivity contribution in [1.82, 2.24) is 15.5 Å². The number of carbonyl (C=O) groups excluding carboxylic acids is 1. The highest BCUT2D eigenvalue weighted by molar-refractivity contribution is 14.0. The molecule has 0 unspecified atom stereocenters. The first-order valence-corrected chi connectivity index (χ1v) is 12.1. The van der Waals surface area contributed by atoms with Gasteiger partial charge in [0.1, 0.15) is 0 Å². The SMILES string of the molecule is CCNC(=NCC1(CCOCC)CCCC1)NCCCC(=O)N1Cc2ccccc2C1.I. The van der Waals surface area contributed by atoms with Crippen LogP contribution in [-0.2, 0) is 22.6 Å². The van der Waals surface area contributed by atoms with Crippen LogP contribution in [0.3, 0.4) is 0 Å². The molecule has 3 rings (SSSR count). The van der Waals surface area contributed by atoms with Crippen LogP contribution in [0.1, 0.15) is 69.9 Å². The second-order valence-corrected chi connectivity index (χ2v) is 8.90. The Kier molecular flexibility index (Phi) is 11.8. The first-order chi connectivity index (χ1) is 15.2. The van der Waals surface area contributed by atoms with Gasteiger partial charge in [-0.15, -0.1) is 24.0 Å². The maximum atomic E-state index is 12.6. The number of amides is 1. The second-order valence-electron chi connectivity index (χ2n) is 8.90. The number of hydrogen-bond donors (Lipinski definition) is 2. The summed E-state index contributed by atoms with van der Waals surface area (Å²) in [4.78, 5) is 19.5. The van der Waals surface area contributed by atoms with Crippen molar-refractivity contribution in [1.29, 1.82) is 0 Å². The molecule has 1 aromatic rings. The molecule has 0 aromatic heterocycles. The van der Waals surface area contributed by atoms with Gasteiger partial charge in [-0.25, -0.2) is 0 Å². The van der Waals surface area contributed by atoms with Crippen LogP contribution in [0.2, 0.25) is 0 Å². The van der Waals surface area contributed by atoms with Crippen LogP contribution >= 0.6 is 24.0 Å². The third-order valence-electron chi connectivity index (χ3n) is 6.62. The van der Waals surface area contributed by atoms with Crippen molar-refractivity contribution in [3.63, 3.8) is 0 Å². The quantitative estimate of drug-likeness (QED) is 0.183. The summed E-state index contributed by atoms with van der Waals surface area (Å²) in [6, 6.07) is 8.33. The summed E-state index contributed by atoms with van der Waals surface area (Å²) in [5.74, 6) is 1.10. The molecule has 0 radical (unpaired) electrons. The van der Waals surface area contributed by atoms with Crippen molar-refractivity contribution in [3.05, 3.63) is 35.4 Å². The largest absolute Gasteiger partial charge is 0.382 e. The third-order valence-corrected chi connectivity index (χ3v) is 6.62. The number of halogens is 1. The highest BCUT2D eigenvalue weighted by Crippen LogP contribution is 2.41. The van der Waals surface area contributed by atoms with Crippen molar-refractivity contribution in [2.24, 2.45) is 10.4 Å². The average Bonchev–Trinajstić information content (AvgIpc) is 3.42. The van der Waals surface area contributed by atoms with Gasteiger partial charge in [0.05, 0.1) is 0 Å². The zero-order valence-electron chi connectivity index (χ0n) is 19.8. The van der Waals surface area contributed by atoms with Gasteiger partial charge in [0, 0.05) is 52.4 Å². The van der Waals surface area contributed by atoms with E-state index in [2.05, 4.69) is 36.6 Å². The van der Waals surface area contributed by atoms with E-state index in [1.165, 1.54) is 36.8 Å². The van der Waals surface area contributed by atoms with Crippen molar-refractivity contribution < 1.29 is 9.53 Å². The molecule has 1 heterocycles. The molecule has 0 spiro atoms. The number of nitrogens with one attached hydrogen (secondary N) is 2. The lowest BCUT2D eigenvalue weighted by Gasteiger charge is -2.27. The van der Waals surface area contributed by atoms with E-state index in [0.717, 1.165) is 64.7 Å². The Morgan fingerprint density at radius 2 is 1.81 bits per heavy atom. The number of guanidine groups is 1. The monoisotopic (exact) mass is 556 g/mol. The second kappa shape index (κ2) is 14.0. The van der Waals surface area contributed by atoms with Gasteiger partial charge in [-0.3, -0.25) is 9.79 Å². The first kappa shape index (κ1) is 26.9.